The zero-order valence-corrected chi connectivity index (χ0v) is 8.17. The van der Waals surface area contributed by atoms with Gasteiger partial charge in [-0.3, -0.25) is 0 Å². The van der Waals surface area contributed by atoms with Gasteiger partial charge < -0.3 is 9.64 Å². The quantitative estimate of drug-likeness (QED) is 0.711. The summed E-state index contributed by atoms with van der Waals surface area (Å²) in [6.45, 7) is 1.19. The summed E-state index contributed by atoms with van der Waals surface area (Å²) in [6, 6.07) is 4.95. The average molecular weight is 214 g/mol. The first-order valence-electron chi connectivity index (χ1n) is 4.28. The van der Waals surface area contributed by atoms with E-state index in [1.165, 1.54) is 6.07 Å². The number of halogens is 2. The van der Waals surface area contributed by atoms with Crippen molar-refractivity contribution in [3.8, 4) is 0 Å². The second-order valence-electron chi connectivity index (χ2n) is 2.92. The van der Waals surface area contributed by atoms with Crippen molar-refractivity contribution in [1.82, 2.24) is 0 Å². The van der Waals surface area contributed by atoms with E-state index in [2.05, 4.69) is 0 Å². The smallest absolute Gasteiger partial charge is 0.165 e. The SMILES string of the molecule is Fc1c(Cl)cccc1N1C=COCC1. The van der Waals surface area contributed by atoms with E-state index in [1.54, 1.807) is 29.5 Å². The lowest BCUT2D eigenvalue weighted by atomic mass is 10.2. The third kappa shape index (κ3) is 1.68. The van der Waals surface area contributed by atoms with Crippen LogP contribution in [0.5, 0.6) is 0 Å². The Hall–Kier alpha value is -1.22. The molecule has 2 rings (SSSR count). The highest BCUT2D eigenvalue weighted by atomic mass is 35.5. The molecule has 0 bridgehead atoms. The Labute approximate surface area is 86.5 Å². The van der Waals surface area contributed by atoms with Crippen molar-refractivity contribution >= 4 is 17.3 Å². The lowest BCUT2D eigenvalue weighted by molar-refractivity contribution is 0.245. The maximum absolute atomic E-state index is 13.5. The normalized spacial score (nSPS) is 15.4. The number of nitrogens with zero attached hydrogens (tertiary/aromatic N) is 1. The summed E-state index contributed by atoms with van der Waals surface area (Å²) < 4.78 is 18.6. The molecule has 14 heavy (non-hydrogen) atoms. The van der Waals surface area contributed by atoms with Gasteiger partial charge in [0, 0.05) is 6.20 Å². The molecule has 0 spiro atoms. The molecule has 0 radical (unpaired) electrons. The minimum Gasteiger partial charge on any atom is -0.498 e. The van der Waals surface area contributed by atoms with Gasteiger partial charge in [0.1, 0.15) is 6.61 Å². The van der Waals surface area contributed by atoms with Crippen LogP contribution >= 0.6 is 11.6 Å². The summed E-state index contributed by atoms with van der Waals surface area (Å²) in [4.78, 5) is 1.77. The monoisotopic (exact) mass is 213 g/mol. The first kappa shape index (κ1) is 9.34. The molecule has 4 heteroatoms. The lowest BCUT2D eigenvalue weighted by Gasteiger charge is -2.24. The maximum Gasteiger partial charge on any atom is 0.165 e. The molecule has 0 fully saturated rings. The van der Waals surface area contributed by atoms with E-state index in [0.717, 1.165) is 0 Å². The fourth-order valence-electron chi connectivity index (χ4n) is 1.33. The van der Waals surface area contributed by atoms with Crippen molar-refractivity contribution in [3.05, 3.63) is 41.5 Å². The van der Waals surface area contributed by atoms with Crippen LogP contribution in [0.25, 0.3) is 0 Å². The zero-order valence-electron chi connectivity index (χ0n) is 7.41. The average Bonchev–Trinajstić information content (AvgIpc) is 2.23. The minimum atomic E-state index is -0.388. The number of hydrogen-bond acceptors (Lipinski definition) is 2. The van der Waals surface area contributed by atoms with Crippen LogP contribution in [0.3, 0.4) is 0 Å². The molecule has 0 amide bonds. The molecule has 0 aliphatic carbocycles. The minimum absolute atomic E-state index is 0.141. The molecule has 1 aromatic carbocycles. The van der Waals surface area contributed by atoms with Crippen LogP contribution in [0.1, 0.15) is 0 Å². The first-order valence-corrected chi connectivity index (χ1v) is 4.66. The van der Waals surface area contributed by atoms with Gasteiger partial charge in [0.05, 0.1) is 23.5 Å². The van der Waals surface area contributed by atoms with Crippen molar-refractivity contribution in [1.29, 1.82) is 0 Å². The van der Waals surface area contributed by atoms with Crippen molar-refractivity contribution < 1.29 is 9.13 Å². The molecule has 1 aliphatic rings. The molecule has 1 aliphatic heterocycles. The summed E-state index contributed by atoms with van der Waals surface area (Å²) >= 11 is 5.68. The Morgan fingerprint density at radius 3 is 3.00 bits per heavy atom. The van der Waals surface area contributed by atoms with E-state index >= 15 is 0 Å². The second-order valence-corrected chi connectivity index (χ2v) is 3.33. The van der Waals surface area contributed by atoms with E-state index in [-0.39, 0.29) is 10.8 Å². The van der Waals surface area contributed by atoms with Crippen LogP contribution in [0, 0.1) is 5.82 Å². The van der Waals surface area contributed by atoms with Gasteiger partial charge in [-0.15, -0.1) is 0 Å². The number of hydrogen-bond donors (Lipinski definition) is 0. The highest BCUT2D eigenvalue weighted by molar-refractivity contribution is 6.31. The maximum atomic E-state index is 13.5. The Morgan fingerprint density at radius 1 is 1.43 bits per heavy atom. The van der Waals surface area contributed by atoms with Crippen molar-refractivity contribution in [3.63, 3.8) is 0 Å². The molecule has 0 aromatic heterocycles. The Morgan fingerprint density at radius 2 is 2.29 bits per heavy atom. The molecule has 2 nitrogen and oxygen atoms in total. The summed E-state index contributed by atoms with van der Waals surface area (Å²) in [5.41, 5.74) is 0.483. The predicted octanol–water partition coefficient (Wildman–Crippen LogP) is 2.79. The van der Waals surface area contributed by atoms with Crippen molar-refractivity contribution in [2.24, 2.45) is 0 Å². The van der Waals surface area contributed by atoms with Crippen LogP contribution in [0.2, 0.25) is 5.02 Å². The first-order chi connectivity index (χ1) is 6.79. The molecule has 0 saturated heterocycles. The van der Waals surface area contributed by atoms with Crippen molar-refractivity contribution in [2.75, 3.05) is 18.1 Å². The van der Waals surface area contributed by atoms with Gasteiger partial charge >= 0.3 is 0 Å². The largest absolute Gasteiger partial charge is 0.498 e. The summed E-state index contributed by atoms with van der Waals surface area (Å²) in [5, 5.41) is 0.141. The molecular formula is C10H9ClFNO. The number of ether oxygens (including phenoxy) is 1. The van der Waals surface area contributed by atoms with Crippen LogP contribution in [0.4, 0.5) is 10.1 Å². The lowest BCUT2D eigenvalue weighted by Crippen LogP contribution is -2.25. The molecule has 0 N–H and O–H groups in total. The number of rotatable bonds is 1. The summed E-state index contributed by atoms with van der Waals surface area (Å²) in [7, 11) is 0. The van der Waals surface area contributed by atoms with E-state index in [9.17, 15) is 4.39 Å². The van der Waals surface area contributed by atoms with Crippen LogP contribution < -0.4 is 4.90 Å². The van der Waals surface area contributed by atoms with E-state index in [1.807, 2.05) is 0 Å². The summed E-state index contributed by atoms with van der Waals surface area (Å²) in [6.07, 6.45) is 3.24. The highest BCUT2D eigenvalue weighted by Gasteiger charge is 2.13. The Kier molecular flexibility index (Phi) is 2.59. The fraction of sp³-hybridized carbons (Fsp3) is 0.200. The van der Waals surface area contributed by atoms with Gasteiger partial charge in [0.25, 0.3) is 0 Å². The molecule has 74 valence electrons. The van der Waals surface area contributed by atoms with E-state index in [4.69, 9.17) is 16.3 Å². The second kappa shape index (κ2) is 3.88. The topological polar surface area (TPSA) is 12.5 Å². The third-order valence-electron chi connectivity index (χ3n) is 2.03. The Bertz CT molecular complexity index is 367. The Balaban J connectivity index is 2.35. The molecule has 0 unspecified atom stereocenters. The summed E-state index contributed by atoms with van der Waals surface area (Å²) in [5.74, 6) is -0.388. The molecule has 0 saturated carbocycles. The van der Waals surface area contributed by atoms with Gasteiger partial charge in [0.15, 0.2) is 5.82 Å². The van der Waals surface area contributed by atoms with Crippen LogP contribution in [0.15, 0.2) is 30.7 Å². The standard InChI is InChI=1S/C10H9ClFNO/c11-8-2-1-3-9(10(8)12)13-4-6-14-7-5-13/h1-4,6H,5,7H2. The van der Waals surface area contributed by atoms with E-state index < -0.39 is 0 Å². The molecular weight excluding hydrogens is 205 g/mol. The van der Waals surface area contributed by atoms with Gasteiger partial charge in [-0.05, 0) is 12.1 Å². The fourth-order valence-corrected chi connectivity index (χ4v) is 1.49. The predicted molar refractivity (Wildman–Crippen MR) is 53.8 cm³/mol. The number of anilines is 1. The van der Waals surface area contributed by atoms with Crippen LogP contribution in [-0.2, 0) is 4.74 Å². The molecule has 0 atom stereocenters. The third-order valence-corrected chi connectivity index (χ3v) is 2.32. The van der Waals surface area contributed by atoms with Gasteiger partial charge in [-0.2, -0.15) is 0 Å². The zero-order chi connectivity index (χ0) is 9.97. The number of benzene rings is 1. The molecule has 1 aromatic rings. The van der Waals surface area contributed by atoms with Crippen LogP contribution in [-0.4, -0.2) is 13.2 Å². The van der Waals surface area contributed by atoms with Crippen molar-refractivity contribution in [2.45, 2.75) is 0 Å². The highest BCUT2D eigenvalue weighted by Crippen LogP contribution is 2.26. The molecule has 1 heterocycles. The van der Waals surface area contributed by atoms with E-state index in [0.29, 0.717) is 18.8 Å². The van der Waals surface area contributed by atoms with Gasteiger partial charge in [0.2, 0.25) is 0 Å². The van der Waals surface area contributed by atoms with Gasteiger partial charge in [-0.1, -0.05) is 17.7 Å². The van der Waals surface area contributed by atoms with Gasteiger partial charge in [-0.25, -0.2) is 4.39 Å².